The zero-order valence-corrected chi connectivity index (χ0v) is 16.7. The van der Waals surface area contributed by atoms with E-state index in [-0.39, 0.29) is 18.0 Å². The molecule has 9 heteroatoms. The Morgan fingerprint density at radius 2 is 1.82 bits per heavy atom. The first-order valence-corrected chi connectivity index (χ1v) is 9.43. The maximum absolute atomic E-state index is 12.7. The molecule has 0 radical (unpaired) electrons. The van der Waals surface area contributed by atoms with Gasteiger partial charge < -0.3 is 5.32 Å². The fourth-order valence-electron chi connectivity index (χ4n) is 2.72. The molecule has 4 aromatic rings. The highest BCUT2D eigenvalue weighted by atomic mass is 79.9. The second-order valence-corrected chi connectivity index (χ2v) is 7.35. The van der Waals surface area contributed by atoms with Crippen LogP contribution in [-0.2, 0) is 11.3 Å². The third-order valence-corrected chi connectivity index (χ3v) is 4.85. The predicted molar refractivity (Wildman–Crippen MR) is 111 cm³/mol. The third-order valence-electron chi connectivity index (χ3n) is 4.07. The van der Waals surface area contributed by atoms with Gasteiger partial charge in [0.05, 0.1) is 11.9 Å². The number of aromatic nitrogens is 4. The SMILES string of the molecule is O=C(Cn1cnc2c(cnn2-c2ccc(Cl)cc2)c1=O)Nc1ccc(Br)cc1. The summed E-state index contributed by atoms with van der Waals surface area (Å²) in [5.74, 6) is -0.323. The zero-order valence-electron chi connectivity index (χ0n) is 14.3. The number of amides is 1. The monoisotopic (exact) mass is 457 g/mol. The Morgan fingerprint density at radius 1 is 1.11 bits per heavy atom. The molecule has 0 saturated carbocycles. The lowest BCUT2D eigenvalue weighted by molar-refractivity contribution is -0.116. The van der Waals surface area contributed by atoms with Crippen LogP contribution in [0.1, 0.15) is 0 Å². The molecular formula is C19H13BrClN5O2. The molecule has 1 amide bonds. The number of nitrogens with one attached hydrogen (secondary N) is 1. The number of halogens is 2. The van der Waals surface area contributed by atoms with Crippen LogP contribution in [0.15, 0.2) is 70.3 Å². The number of rotatable bonds is 4. The van der Waals surface area contributed by atoms with E-state index in [0.717, 1.165) is 10.2 Å². The van der Waals surface area contributed by atoms with Gasteiger partial charge in [0.25, 0.3) is 5.56 Å². The number of fused-ring (bicyclic) bond motifs is 1. The number of anilines is 1. The summed E-state index contributed by atoms with van der Waals surface area (Å²) in [6, 6.07) is 14.2. The molecule has 0 atom stereocenters. The Balaban J connectivity index is 1.60. The molecule has 28 heavy (non-hydrogen) atoms. The maximum Gasteiger partial charge on any atom is 0.264 e. The van der Waals surface area contributed by atoms with Gasteiger partial charge >= 0.3 is 0 Å². The van der Waals surface area contributed by atoms with Crippen molar-refractivity contribution in [2.24, 2.45) is 0 Å². The van der Waals surface area contributed by atoms with Gasteiger partial charge in [-0.25, -0.2) is 9.67 Å². The van der Waals surface area contributed by atoms with Crippen molar-refractivity contribution in [3.63, 3.8) is 0 Å². The number of nitrogens with zero attached hydrogens (tertiary/aromatic N) is 4. The van der Waals surface area contributed by atoms with Crippen LogP contribution in [0.25, 0.3) is 16.7 Å². The average Bonchev–Trinajstić information content (AvgIpc) is 3.11. The van der Waals surface area contributed by atoms with Crippen LogP contribution in [0.2, 0.25) is 5.02 Å². The van der Waals surface area contributed by atoms with Gasteiger partial charge in [0.15, 0.2) is 5.65 Å². The molecule has 0 unspecified atom stereocenters. The molecule has 7 nitrogen and oxygen atoms in total. The molecule has 0 fully saturated rings. The van der Waals surface area contributed by atoms with E-state index in [1.165, 1.54) is 17.1 Å². The first-order chi connectivity index (χ1) is 13.5. The van der Waals surface area contributed by atoms with E-state index >= 15 is 0 Å². The second kappa shape index (κ2) is 7.57. The minimum atomic E-state index is -0.337. The lowest BCUT2D eigenvalue weighted by Crippen LogP contribution is -2.27. The van der Waals surface area contributed by atoms with Gasteiger partial charge in [-0.2, -0.15) is 5.10 Å². The molecule has 2 heterocycles. The molecule has 0 bridgehead atoms. The average molecular weight is 459 g/mol. The Bertz CT molecular complexity index is 1220. The number of carbonyl (C=O) groups excluding carboxylic acids is 1. The summed E-state index contributed by atoms with van der Waals surface area (Å²) in [6.07, 6.45) is 2.79. The van der Waals surface area contributed by atoms with E-state index in [1.54, 1.807) is 41.1 Å². The van der Waals surface area contributed by atoms with Crippen molar-refractivity contribution in [2.45, 2.75) is 6.54 Å². The van der Waals surface area contributed by atoms with Gasteiger partial charge in [0.1, 0.15) is 18.3 Å². The van der Waals surface area contributed by atoms with Crippen molar-refractivity contribution in [3.8, 4) is 5.69 Å². The maximum atomic E-state index is 12.7. The summed E-state index contributed by atoms with van der Waals surface area (Å²) in [6.45, 7) is -0.149. The van der Waals surface area contributed by atoms with E-state index < -0.39 is 0 Å². The number of benzene rings is 2. The van der Waals surface area contributed by atoms with E-state index in [4.69, 9.17) is 11.6 Å². The van der Waals surface area contributed by atoms with E-state index in [0.29, 0.717) is 21.7 Å². The second-order valence-electron chi connectivity index (χ2n) is 6.00. The van der Waals surface area contributed by atoms with Crippen molar-refractivity contribution in [1.82, 2.24) is 19.3 Å². The fourth-order valence-corrected chi connectivity index (χ4v) is 3.11. The lowest BCUT2D eigenvalue weighted by Gasteiger charge is -2.08. The van der Waals surface area contributed by atoms with E-state index in [1.807, 2.05) is 12.1 Å². The molecule has 4 rings (SSSR count). The Labute approximate surface area is 172 Å². The quantitative estimate of drug-likeness (QED) is 0.506. The van der Waals surface area contributed by atoms with Crippen LogP contribution in [0.3, 0.4) is 0 Å². The largest absolute Gasteiger partial charge is 0.325 e. The summed E-state index contributed by atoms with van der Waals surface area (Å²) in [5, 5.41) is 7.93. The summed E-state index contributed by atoms with van der Waals surface area (Å²) in [4.78, 5) is 29.3. The summed E-state index contributed by atoms with van der Waals surface area (Å²) in [7, 11) is 0. The normalized spacial score (nSPS) is 10.9. The standard InChI is InChI=1S/C19H13BrClN5O2/c20-12-1-5-14(6-2-12)24-17(27)10-25-11-22-18-16(19(25)28)9-23-26(18)15-7-3-13(21)4-8-15/h1-9,11H,10H2,(H,24,27). The van der Waals surface area contributed by atoms with Crippen molar-refractivity contribution in [3.05, 3.63) is 80.9 Å². The highest BCUT2D eigenvalue weighted by molar-refractivity contribution is 9.10. The Hall–Kier alpha value is -2.97. The molecule has 0 saturated heterocycles. The Kier molecular flexibility index (Phi) is 4.97. The molecule has 0 aliphatic carbocycles. The highest BCUT2D eigenvalue weighted by Gasteiger charge is 2.13. The van der Waals surface area contributed by atoms with Crippen LogP contribution in [0, 0.1) is 0 Å². The predicted octanol–water partition coefficient (Wildman–Crippen LogP) is 3.64. The van der Waals surface area contributed by atoms with Crippen molar-refractivity contribution >= 4 is 50.2 Å². The molecule has 2 aromatic carbocycles. The van der Waals surface area contributed by atoms with Crippen LogP contribution in [-0.4, -0.2) is 25.2 Å². The summed E-state index contributed by atoms with van der Waals surface area (Å²) >= 11 is 9.25. The van der Waals surface area contributed by atoms with Crippen molar-refractivity contribution in [1.29, 1.82) is 0 Å². The molecule has 2 aromatic heterocycles. The highest BCUT2D eigenvalue weighted by Crippen LogP contribution is 2.17. The lowest BCUT2D eigenvalue weighted by atomic mass is 10.3. The topological polar surface area (TPSA) is 81.8 Å². The third kappa shape index (κ3) is 3.69. The van der Waals surface area contributed by atoms with Gasteiger partial charge in [-0.1, -0.05) is 27.5 Å². The first-order valence-electron chi connectivity index (χ1n) is 8.26. The van der Waals surface area contributed by atoms with Crippen LogP contribution in [0.5, 0.6) is 0 Å². The first kappa shape index (κ1) is 18.4. The molecule has 0 spiro atoms. The van der Waals surface area contributed by atoms with Gasteiger partial charge in [-0.3, -0.25) is 14.2 Å². The van der Waals surface area contributed by atoms with Crippen molar-refractivity contribution < 1.29 is 4.79 Å². The van der Waals surface area contributed by atoms with Gasteiger partial charge in [-0.15, -0.1) is 0 Å². The number of hydrogen-bond acceptors (Lipinski definition) is 4. The smallest absolute Gasteiger partial charge is 0.264 e. The van der Waals surface area contributed by atoms with E-state index in [2.05, 4.69) is 31.3 Å². The molecular weight excluding hydrogens is 446 g/mol. The van der Waals surface area contributed by atoms with Crippen LogP contribution in [0.4, 0.5) is 5.69 Å². The number of carbonyl (C=O) groups is 1. The van der Waals surface area contributed by atoms with Crippen molar-refractivity contribution in [2.75, 3.05) is 5.32 Å². The molecule has 0 aliphatic heterocycles. The van der Waals surface area contributed by atoms with Crippen LogP contribution < -0.4 is 10.9 Å². The van der Waals surface area contributed by atoms with Crippen LogP contribution >= 0.6 is 27.5 Å². The Morgan fingerprint density at radius 3 is 2.54 bits per heavy atom. The zero-order chi connectivity index (χ0) is 19.7. The molecule has 140 valence electrons. The minimum Gasteiger partial charge on any atom is -0.325 e. The number of hydrogen-bond donors (Lipinski definition) is 1. The fraction of sp³-hybridized carbons (Fsp3) is 0.0526. The van der Waals surface area contributed by atoms with E-state index in [9.17, 15) is 9.59 Å². The molecule has 1 N–H and O–H groups in total. The van der Waals surface area contributed by atoms with Gasteiger partial charge in [0, 0.05) is 15.2 Å². The van der Waals surface area contributed by atoms with Gasteiger partial charge in [-0.05, 0) is 48.5 Å². The summed E-state index contributed by atoms with van der Waals surface area (Å²) < 4.78 is 3.72. The minimum absolute atomic E-state index is 0.149. The summed E-state index contributed by atoms with van der Waals surface area (Å²) in [5.41, 5.74) is 1.45. The van der Waals surface area contributed by atoms with Gasteiger partial charge in [0.2, 0.25) is 5.91 Å². The molecule has 0 aliphatic rings.